The van der Waals surface area contributed by atoms with Gasteiger partial charge in [-0.3, -0.25) is 4.90 Å². The first-order valence-electron chi connectivity index (χ1n) is 8.29. The molecule has 1 N–H and O–H groups in total. The van der Waals surface area contributed by atoms with Crippen LogP contribution in [0.3, 0.4) is 0 Å². The molecule has 0 saturated carbocycles. The van der Waals surface area contributed by atoms with Crippen molar-refractivity contribution in [2.24, 2.45) is 0 Å². The Hall–Kier alpha value is -1.98. The Morgan fingerprint density at radius 2 is 1.79 bits per heavy atom. The predicted molar refractivity (Wildman–Crippen MR) is 93.4 cm³/mol. The van der Waals surface area contributed by atoms with E-state index in [-0.39, 0.29) is 5.82 Å². The number of piperidine rings is 1. The second kappa shape index (κ2) is 6.87. The topological polar surface area (TPSA) is 39.6 Å². The fraction of sp³-hybridized carbons (Fsp3) is 0.421. The van der Waals surface area contributed by atoms with Gasteiger partial charge in [0.2, 0.25) is 0 Å². The van der Waals surface area contributed by atoms with Crippen molar-refractivity contribution in [1.82, 2.24) is 9.88 Å². The molecule has 0 bridgehead atoms. The summed E-state index contributed by atoms with van der Waals surface area (Å²) in [5.41, 5.74) is 1.13. The molecule has 1 fully saturated rings. The summed E-state index contributed by atoms with van der Waals surface area (Å²) in [6.07, 6.45) is 3.22. The zero-order chi connectivity index (χ0) is 17.2. The van der Waals surface area contributed by atoms with Gasteiger partial charge in [0, 0.05) is 39.9 Å². The number of aliphatic hydroxyl groups is 1. The number of hydrogen-bond donors (Lipinski definition) is 1. The molecule has 4 nitrogen and oxygen atoms in total. The molecule has 1 aromatic heterocycles. The van der Waals surface area contributed by atoms with Crippen LogP contribution >= 0.6 is 0 Å². The number of hydrogen-bond acceptors (Lipinski definition) is 4. The average molecular weight is 329 g/mol. The monoisotopic (exact) mass is 329 g/mol. The molecule has 1 aliphatic heterocycles. The second-order valence-corrected chi connectivity index (χ2v) is 6.73. The van der Waals surface area contributed by atoms with Crippen LogP contribution in [0.2, 0.25) is 0 Å². The maximum Gasteiger partial charge on any atom is 0.127 e. The number of pyridine rings is 1. The first-order valence-corrected chi connectivity index (χ1v) is 8.29. The molecule has 0 spiro atoms. The first-order chi connectivity index (χ1) is 11.5. The Morgan fingerprint density at radius 3 is 2.33 bits per heavy atom. The Morgan fingerprint density at radius 1 is 1.12 bits per heavy atom. The van der Waals surface area contributed by atoms with Gasteiger partial charge in [-0.05, 0) is 42.2 Å². The maximum atomic E-state index is 13.1. The van der Waals surface area contributed by atoms with Gasteiger partial charge < -0.3 is 10.0 Å². The van der Waals surface area contributed by atoms with Crippen LogP contribution in [0.15, 0.2) is 42.6 Å². The normalized spacial score (nSPS) is 17.7. The third-order valence-electron chi connectivity index (χ3n) is 4.74. The summed E-state index contributed by atoms with van der Waals surface area (Å²) in [7, 11) is 3.95. The van der Waals surface area contributed by atoms with E-state index in [2.05, 4.69) is 16.0 Å². The molecule has 0 radical (unpaired) electrons. The number of rotatable bonds is 4. The summed E-state index contributed by atoms with van der Waals surface area (Å²) in [5, 5.41) is 10.8. The smallest absolute Gasteiger partial charge is 0.127 e. The lowest BCUT2D eigenvalue weighted by atomic mass is 9.84. The predicted octanol–water partition coefficient (Wildman–Crippen LogP) is 2.77. The third-order valence-corrected chi connectivity index (χ3v) is 4.74. The lowest BCUT2D eigenvalue weighted by Gasteiger charge is -2.38. The summed E-state index contributed by atoms with van der Waals surface area (Å²) < 4.78 is 13.1. The van der Waals surface area contributed by atoms with E-state index in [1.807, 2.05) is 31.3 Å². The van der Waals surface area contributed by atoms with Crippen molar-refractivity contribution in [3.8, 4) is 0 Å². The van der Waals surface area contributed by atoms with Crippen molar-refractivity contribution in [1.29, 1.82) is 0 Å². The molecule has 0 atom stereocenters. The Labute approximate surface area is 142 Å². The van der Waals surface area contributed by atoms with Crippen molar-refractivity contribution in [2.75, 3.05) is 32.1 Å². The van der Waals surface area contributed by atoms with Crippen molar-refractivity contribution < 1.29 is 9.50 Å². The fourth-order valence-corrected chi connectivity index (χ4v) is 3.16. The highest BCUT2D eigenvalue weighted by molar-refractivity contribution is 5.37. The number of nitrogens with zero attached hydrogens (tertiary/aromatic N) is 3. The van der Waals surface area contributed by atoms with E-state index in [0.29, 0.717) is 12.8 Å². The molecule has 5 heteroatoms. The summed E-state index contributed by atoms with van der Waals surface area (Å²) in [4.78, 5) is 8.75. The average Bonchev–Trinajstić information content (AvgIpc) is 2.58. The zero-order valence-corrected chi connectivity index (χ0v) is 14.2. The van der Waals surface area contributed by atoms with Crippen LogP contribution in [0.1, 0.15) is 24.0 Å². The second-order valence-electron chi connectivity index (χ2n) is 6.73. The highest BCUT2D eigenvalue weighted by Crippen LogP contribution is 2.33. The summed E-state index contributed by atoms with van der Waals surface area (Å²) in [6, 6.07) is 10.3. The van der Waals surface area contributed by atoms with Gasteiger partial charge in [-0.1, -0.05) is 18.2 Å². The van der Waals surface area contributed by atoms with Crippen LogP contribution in [0.25, 0.3) is 0 Å². The van der Waals surface area contributed by atoms with Gasteiger partial charge in [0.25, 0.3) is 0 Å². The molecule has 0 aliphatic carbocycles. The maximum absolute atomic E-state index is 13.1. The van der Waals surface area contributed by atoms with Crippen LogP contribution in [-0.2, 0) is 12.1 Å². The first kappa shape index (κ1) is 16.9. The van der Waals surface area contributed by atoms with Crippen LogP contribution in [0.4, 0.5) is 10.2 Å². The van der Waals surface area contributed by atoms with Crippen LogP contribution in [0, 0.1) is 5.82 Å². The minimum absolute atomic E-state index is 0.270. The number of aromatic nitrogens is 1. The molecule has 0 amide bonds. The minimum atomic E-state index is -0.850. The SMILES string of the molecule is CN(C)c1ccc(CN2CCC(O)(c3ccc(F)cc3)CC2)cn1. The van der Waals surface area contributed by atoms with Crippen LogP contribution < -0.4 is 4.90 Å². The summed E-state index contributed by atoms with van der Waals surface area (Å²) in [5.74, 6) is 0.677. The molecular formula is C19H24FN3O. The molecule has 1 saturated heterocycles. The van der Waals surface area contributed by atoms with Crippen molar-refractivity contribution >= 4 is 5.82 Å². The van der Waals surface area contributed by atoms with E-state index in [9.17, 15) is 9.50 Å². The molecular weight excluding hydrogens is 305 g/mol. The van der Waals surface area contributed by atoms with Gasteiger partial charge in [-0.2, -0.15) is 0 Å². The fourth-order valence-electron chi connectivity index (χ4n) is 3.16. The Kier molecular flexibility index (Phi) is 4.83. The lowest BCUT2D eigenvalue weighted by Crippen LogP contribution is -2.42. The molecule has 1 aliphatic rings. The van der Waals surface area contributed by atoms with Crippen molar-refractivity contribution in [3.05, 3.63) is 59.5 Å². The molecule has 24 heavy (non-hydrogen) atoms. The highest BCUT2D eigenvalue weighted by Gasteiger charge is 2.33. The lowest BCUT2D eigenvalue weighted by molar-refractivity contribution is -0.0277. The van der Waals surface area contributed by atoms with Crippen LogP contribution in [-0.4, -0.2) is 42.2 Å². The molecule has 2 aromatic rings. The van der Waals surface area contributed by atoms with Gasteiger partial charge in [0.1, 0.15) is 11.6 Å². The van der Waals surface area contributed by atoms with E-state index in [1.54, 1.807) is 12.1 Å². The molecule has 3 rings (SSSR count). The quantitative estimate of drug-likeness (QED) is 0.936. The van der Waals surface area contributed by atoms with Gasteiger partial charge >= 0.3 is 0 Å². The van der Waals surface area contributed by atoms with Crippen molar-refractivity contribution in [2.45, 2.75) is 25.0 Å². The summed E-state index contributed by atoms with van der Waals surface area (Å²) in [6.45, 7) is 2.45. The van der Waals surface area contributed by atoms with E-state index < -0.39 is 5.60 Å². The van der Waals surface area contributed by atoms with Gasteiger partial charge in [-0.15, -0.1) is 0 Å². The molecule has 2 heterocycles. The molecule has 1 aromatic carbocycles. The Balaban J connectivity index is 1.59. The van der Waals surface area contributed by atoms with Gasteiger partial charge in [0.15, 0.2) is 0 Å². The highest BCUT2D eigenvalue weighted by atomic mass is 19.1. The third kappa shape index (κ3) is 3.74. The number of anilines is 1. The molecule has 128 valence electrons. The number of likely N-dealkylation sites (tertiary alicyclic amines) is 1. The van der Waals surface area contributed by atoms with E-state index in [1.165, 1.54) is 17.7 Å². The number of benzene rings is 1. The zero-order valence-electron chi connectivity index (χ0n) is 14.2. The van der Waals surface area contributed by atoms with E-state index >= 15 is 0 Å². The van der Waals surface area contributed by atoms with Crippen LogP contribution in [0.5, 0.6) is 0 Å². The Bertz CT molecular complexity index is 662. The molecule has 0 unspecified atom stereocenters. The summed E-state index contributed by atoms with van der Waals surface area (Å²) >= 11 is 0. The van der Waals surface area contributed by atoms with Gasteiger partial charge in [-0.25, -0.2) is 9.37 Å². The van der Waals surface area contributed by atoms with Gasteiger partial charge in [0.05, 0.1) is 5.60 Å². The van der Waals surface area contributed by atoms with Crippen molar-refractivity contribution in [3.63, 3.8) is 0 Å². The standard InChI is InChI=1S/C19H24FN3O/c1-22(2)18-8-3-15(13-21-18)14-23-11-9-19(24,10-12-23)16-4-6-17(20)7-5-16/h3-8,13,24H,9-12,14H2,1-2H3. The number of halogens is 1. The van der Waals surface area contributed by atoms with E-state index in [4.69, 9.17) is 0 Å². The minimum Gasteiger partial charge on any atom is -0.385 e. The van der Waals surface area contributed by atoms with E-state index in [0.717, 1.165) is 31.0 Å². The largest absolute Gasteiger partial charge is 0.385 e.